The van der Waals surface area contributed by atoms with E-state index in [4.69, 9.17) is 4.74 Å². The SMILES string of the molecule is CCN1CCC(CNCc2cccc(OC)c2)CC1. The molecule has 0 spiro atoms. The van der Waals surface area contributed by atoms with Gasteiger partial charge in [0, 0.05) is 6.54 Å². The van der Waals surface area contributed by atoms with Gasteiger partial charge in [-0.05, 0) is 62.6 Å². The molecule has 0 aromatic heterocycles. The van der Waals surface area contributed by atoms with Gasteiger partial charge in [-0.3, -0.25) is 0 Å². The molecule has 0 saturated carbocycles. The lowest BCUT2D eigenvalue weighted by molar-refractivity contribution is 0.190. The number of hydrogen-bond acceptors (Lipinski definition) is 3. The molecule has 1 aromatic rings. The summed E-state index contributed by atoms with van der Waals surface area (Å²) in [6, 6.07) is 8.29. The van der Waals surface area contributed by atoms with Crippen molar-refractivity contribution < 1.29 is 4.74 Å². The van der Waals surface area contributed by atoms with Crippen LogP contribution in [0.3, 0.4) is 0 Å². The van der Waals surface area contributed by atoms with Crippen molar-refractivity contribution in [1.82, 2.24) is 10.2 Å². The number of nitrogens with zero attached hydrogens (tertiary/aromatic N) is 1. The van der Waals surface area contributed by atoms with E-state index in [1.54, 1.807) is 7.11 Å². The van der Waals surface area contributed by atoms with E-state index in [0.29, 0.717) is 0 Å². The van der Waals surface area contributed by atoms with Crippen LogP contribution in [0.4, 0.5) is 0 Å². The van der Waals surface area contributed by atoms with E-state index in [-0.39, 0.29) is 0 Å². The first kappa shape index (κ1) is 14.4. The van der Waals surface area contributed by atoms with Crippen molar-refractivity contribution in [3.63, 3.8) is 0 Å². The Hall–Kier alpha value is -1.06. The second-order valence-corrected chi connectivity index (χ2v) is 5.36. The molecular weight excluding hydrogens is 236 g/mol. The molecule has 0 amide bonds. The van der Waals surface area contributed by atoms with Crippen LogP contribution in [0.1, 0.15) is 25.3 Å². The first-order valence-corrected chi connectivity index (χ1v) is 7.37. The zero-order valence-electron chi connectivity index (χ0n) is 12.2. The Morgan fingerprint density at radius 1 is 1.32 bits per heavy atom. The molecule has 3 heteroatoms. The van der Waals surface area contributed by atoms with Gasteiger partial charge in [0.05, 0.1) is 7.11 Å². The molecule has 0 unspecified atom stereocenters. The van der Waals surface area contributed by atoms with Gasteiger partial charge in [0.15, 0.2) is 0 Å². The standard InChI is InChI=1S/C16H26N2O/c1-3-18-9-7-14(8-10-18)12-17-13-15-5-4-6-16(11-15)19-2/h4-6,11,14,17H,3,7-10,12-13H2,1-2H3. The molecule has 1 fully saturated rings. The maximum atomic E-state index is 5.24. The lowest BCUT2D eigenvalue weighted by Crippen LogP contribution is -2.36. The molecule has 1 aliphatic rings. The van der Waals surface area contributed by atoms with E-state index in [1.807, 2.05) is 6.07 Å². The fourth-order valence-corrected chi connectivity index (χ4v) is 2.71. The number of benzene rings is 1. The molecule has 2 rings (SSSR count). The van der Waals surface area contributed by atoms with Crippen LogP contribution < -0.4 is 10.1 Å². The zero-order valence-corrected chi connectivity index (χ0v) is 12.2. The van der Waals surface area contributed by atoms with Crippen LogP contribution in [0.15, 0.2) is 24.3 Å². The first-order valence-electron chi connectivity index (χ1n) is 7.37. The van der Waals surface area contributed by atoms with Crippen molar-refractivity contribution in [2.75, 3.05) is 33.3 Å². The van der Waals surface area contributed by atoms with E-state index >= 15 is 0 Å². The Morgan fingerprint density at radius 2 is 2.11 bits per heavy atom. The van der Waals surface area contributed by atoms with Gasteiger partial charge in [-0.2, -0.15) is 0 Å². The summed E-state index contributed by atoms with van der Waals surface area (Å²) >= 11 is 0. The van der Waals surface area contributed by atoms with E-state index in [9.17, 15) is 0 Å². The maximum Gasteiger partial charge on any atom is 0.119 e. The molecule has 19 heavy (non-hydrogen) atoms. The fraction of sp³-hybridized carbons (Fsp3) is 0.625. The Morgan fingerprint density at radius 3 is 2.79 bits per heavy atom. The van der Waals surface area contributed by atoms with Crippen LogP contribution in [-0.2, 0) is 6.54 Å². The number of methoxy groups -OCH3 is 1. The van der Waals surface area contributed by atoms with E-state index in [0.717, 1.165) is 24.8 Å². The summed E-state index contributed by atoms with van der Waals surface area (Å²) in [6.07, 6.45) is 2.66. The van der Waals surface area contributed by atoms with Gasteiger partial charge >= 0.3 is 0 Å². The lowest BCUT2D eigenvalue weighted by atomic mass is 9.97. The van der Waals surface area contributed by atoms with Crippen LogP contribution in [0.5, 0.6) is 5.75 Å². The summed E-state index contributed by atoms with van der Waals surface area (Å²) in [7, 11) is 1.72. The van der Waals surface area contributed by atoms with Crippen molar-refractivity contribution >= 4 is 0 Å². The maximum absolute atomic E-state index is 5.24. The molecule has 106 valence electrons. The second-order valence-electron chi connectivity index (χ2n) is 5.36. The highest BCUT2D eigenvalue weighted by molar-refractivity contribution is 5.28. The molecule has 1 aromatic carbocycles. The largest absolute Gasteiger partial charge is 0.497 e. The molecule has 3 nitrogen and oxygen atoms in total. The minimum absolute atomic E-state index is 0.841. The van der Waals surface area contributed by atoms with Crippen molar-refractivity contribution in [2.45, 2.75) is 26.3 Å². The fourth-order valence-electron chi connectivity index (χ4n) is 2.71. The van der Waals surface area contributed by atoms with Crippen LogP contribution in [-0.4, -0.2) is 38.2 Å². The summed E-state index contributed by atoms with van der Waals surface area (Å²) in [5.41, 5.74) is 1.30. The number of piperidine rings is 1. The number of rotatable bonds is 6. The van der Waals surface area contributed by atoms with Crippen LogP contribution in [0.25, 0.3) is 0 Å². The Kier molecular flexibility index (Phi) is 5.67. The number of ether oxygens (including phenoxy) is 1. The Bertz CT molecular complexity index is 373. The van der Waals surface area contributed by atoms with E-state index in [2.05, 4.69) is 35.3 Å². The summed E-state index contributed by atoms with van der Waals surface area (Å²) in [5.74, 6) is 1.78. The molecule has 0 radical (unpaired) electrons. The molecule has 0 atom stereocenters. The van der Waals surface area contributed by atoms with E-state index in [1.165, 1.54) is 38.0 Å². The average molecular weight is 262 g/mol. The van der Waals surface area contributed by atoms with Gasteiger partial charge in [-0.1, -0.05) is 19.1 Å². The van der Waals surface area contributed by atoms with Crippen LogP contribution in [0, 0.1) is 5.92 Å². The molecule has 1 heterocycles. The van der Waals surface area contributed by atoms with Crippen LogP contribution in [0.2, 0.25) is 0 Å². The van der Waals surface area contributed by atoms with Gasteiger partial charge in [-0.25, -0.2) is 0 Å². The summed E-state index contributed by atoms with van der Waals surface area (Å²) in [4.78, 5) is 2.54. The second kappa shape index (κ2) is 7.51. The Balaban J connectivity index is 1.69. The third kappa shape index (κ3) is 4.51. The van der Waals surface area contributed by atoms with Gasteiger partial charge in [0.1, 0.15) is 5.75 Å². The van der Waals surface area contributed by atoms with Gasteiger partial charge < -0.3 is 15.0 Å². The lowest BCUT2D eigenvalue weighted by Gasteiger charge is -2.31. The molecular formula is C16H26N2O. The minimum Gasteiger partial charge on any atom is -0.497 e. The highest BCUT2D eigenvalue weighted by Gasteiger charge is 2.17. The summed E-state index contributed by atoms with van der Waals surface area (Å²) in [6.45, 7) is 8.05. The molecule has 0 aliphatic carbocycles. The van der Waals surface area contributed by atoms with Crippen molar-refractivity contribution in [3.05, 3.63) is 29.8 Å². The molecule has 1 saturated heterocycles. The average Bonchev–Trinajstić information content (AvgIpc) is 2.48. The van der Waals surface area contributed by atoms with Gasteiger partial charge in [-0.15, -0.1) is 0 Å². The summed E-state index contributed by atoms with van der Waals surface area (Å²) < 4.78 is 5.24. The predicted molar refractivity (Wildman–Crippen MR) is 79.5 cm³/mol. The van der Waals surface area contributed by atoms with Crippen molar-refractivity contribution in [3.8, 4) is 5.75 Å². The zero-order chi connectivity index (χ0) is 13.5. The van der Waals surface area contributed by atoms with Gasteiger partial charge in [0.25, 0.3) is 0 Å². The minimum atomic E-state index is 0.841. The number of nitrogens with one attached hydrogen (secondary N) is 1. The third-order valence-corrected chi connectivity index (χ3v) is 4.05. The summed E-state index contributed by atoms with van der Waals surface area (Å²) in [5, 5.41) is 3.58. The van der Waals surface area contributed by atoms with Crippen molar-refractivity contribution in [1.29, 1.82) is 0 Å². The molecule has 1 N–H and O–H groups in total. The monoisotopic (exact) mass is 262 g/mol. The topological polar surface area (TPSA) is 24.5 Å². The normalized spacial score (nSPS) is 17.6. The number of hydrogen-bond donors (Lipinski definition) is 1. The quantitative estimate of drug-likeness (QED) is 0.852. The van der Waals surface area contributed by atoms with E-state index < -0.39 is 0 Å². The van der Waals surface area contributed by atoms with Crippen molar-refractivity contribution in [2.24, 2.45) is 5.92 Å². The predicted octanol–water partition coefficient (Wildman–Crippen LogP) is 2.52. The smallest absolute Gasteiger partial charge is 0.119 e. The van der Waals surface area contributed by atoms with Crippen LogP contribution >= 0.6 is 0 Å². The highest BCUT2D eigenvalue weighted by Crippen LogP contribution is 2.16. The highest BCUT2D eigenvalue weighted by atomic mass is 16.5. The van der Waals surface area contributed by atoms with Gasteiger partial charge in [0.2, 0.25) is 0 Å². The Labute approximate surface area is 116 Å². The third-order valence-electron chi connectivity index (χ3n) is 4.05. The molecule has 1 aliphatic heterocycles. The number of likely N-dealkylation sites (tertiary alicyclic amines) is 1. The molecule has 0 bridgehead atoms. The first-order chi connectivity index (χ1) is 9.31.